The lowest BCUT2D eigenvalue weighted by Crippen LogP contribution is -2.66. The Morgan fingerprint density at radius 2 is 1.75 bits per heavy atom. The van der Waals surface area contributed by atoms with Gasteiger partial charge >= 0.3 is 6.03 Å². The average Bonchev–Trinajstić information content (AvgIpc) is 2.42. The Hall–Kier alpha value is -1.24. The number of rotatable bonds is 3. The zero-order chi connectivity index (χ0) is 14.9. The molecule has 2 rings (SSSR count). The van der Waals surface area contributed by atoms with E-state index in [0.717, 1.165) is 0 Å². The molecule has 0 aliphatic carbocycles. The van der Waals surface area contributed by atoms with E-state index in [2.05, 4.69) is 5.32 Å². The number of nitrogens with one attached hydrogen (secondary N) is 1. The summed E-state index contributed by atoms with van der Waals surface area (Å²) in [4.78, 5) is 37.9. The van der Waals surface area contributed by atoms with Crippen LogP contribution in [-0.4, -0.2) is 44.5 Å². The quantitative estimate of drug-likeness (QED) is 0.781. The van der Waals surface area contributed by atoms with Gasteiger partial charge in [-0.15, -0.1) is 0 Å². The number of urea groups is 1. The van der Waals surface area contributed by atoms with Crippen molar-refractivity contribution in [2.75, 3.05) is 11.5 Å². The molecule has 0 saturated carbocycles. The summed E-state index contributed by atoms with van der Waals surface area (Å²) < 4.78 is 11.4. The molecule has 112 valence electrons. The van der Waals surface area contributed by atoms with Crippen molar-refractivity contribution in [2.45, 2.75) is 45.6 Å². The van der Waals surface area contributed by atoms with Crippen molar-refractivity contribution < 1.29 is 18.6 Å². The van der Waals surface area contributed by atoms with Gasteiger partial charge in [0.25, 0.3) is 0 Å². The molecule has 2 heterocycles. The van der Waals surface area contributed by atoms with Crippen molar-refractivity contribution in [3.05, 3.63) is 0 Å². The fourth-order valence-electron chi connectivity index (χ4n) is 2.94. The first kappa shape index (κ1) is 15.2. The second-order valence-corrected chi connectivity index (χ2v) is 7.00. The first-order chi connectivity index (χ1) is 9.46. The van der Waals surface area contributed by atoms with Crippen LogP contribution in [0.1, 0.15) is 39.5 Å². The molecule has 0 aromatic carbocycles. The van der Waals surface area contributed by atoms with Gasteiger partial charge < -0.3 is 0 Å². The molecule has 6 nitrogen and oxygen atoms in total. The molecule has 4 amide bonds. The highest BCUT2D eigenvalue weighted by Gasteiger charge is 2.53. The molecule has 2 saturated heterocycles. The maximum Gasteiger partial charge on any atom is 0.331 e. The smallest absolute Gasteiger partial charge is 0.277 e. The third kappa shape index (κ3) is 2.28. The van der Waals surface area contributed by atoms with Gasteiger partial charge in [0, 0.05) is 28.3 Å². The summed E-state index contributed by atoms with van der Waals surface area (Å²) in [5.41, 5.74) is -1.13. The molecular formula is C13H20N2O4S. The average molecular weight is 300 g/mol. The van der Waals surface area contributed by atoms with E-state index in [1.165, 1.54) is 4.90 Å². The molecule has 0 unspecified atom stereocenters. The monoisotopic (exact) mass is 300 g/mol. The Morgan fingerprint density at radius 1 is 1.20 bits per heavy atom. The van der Waals surface area contributed by atoms with Crippen LogP contribution in [0.5, 0.6) is 0 Å². The summed E-state index contributed by atoms with van der Waals surface area (Å²) in [5.74, 6) is 0.115. The fraction of sp³-hybridized carbons (Fsp3) is 0.769. The predicted molar refractivity (Wildman–Crippen MR) is 74.3 cm³/mol. The van der Waals surface area contributed by atoms with E-state index in [4.69, 9.17) is 0 Å². The lowest BCUT2D eigenvalue weighted by atomic mass is 9.78. The third-order valence-electron chi connectivity index (χ3n) is 4.43. The summed E-state index contributed by atoms with van der Waals surface area (Å²) in [6.07, 6.45) is 1.83. The third-order valence-corrected chi connectivity index (χ3v) is 5.81. The van der Waals surface area contributed by atoms with Gasteiger partial charge in [-0.25, -0.2) is 4.79 Å². The minimum absolute atomic E-state index is 0.245. The Morgan fingerprint density at radius 3 is 2.25 bits per heavy atom. The van der Waals surface area contributed by atoms with Crippen LogP contribution >= 0.6 is 0 Å². The Balaban J connectivity index is 2.28. The highest BCUT2D eigenvalue weighted by Crippen LogP contribution is 2.34. The molecule has 0 aromatic heterocycles. The van der Waals surface area contributed by atoms with Gasteiger partial charge in [0.1, 0.15) is 5.41 Å². The number of carbonyl (C=O) groups excluding carboxylic acids is 3. The van der Waals surface area contributed by atoms with Gasteiger partial charge in [0.05, 0.1) is 0 Å². The standard InChI is InChI=1S/C13H20N2O4S/c1-3-13(4-2)10(16)14-12(18)15(11(13)17)9-5-7-20(19)8-6-9/h9H,3-8H2,1-2H3,(H,14,16,18). The maximum atomic E-state index is 12.7. The molecule has 0 aromatic rings. The molecule has 2 aliphatic heterocycles. The van der Waals surface area contributed by atoms with Gasteiger partial charge in [0.15, 0.2) is 0 Å². The van der Waals surface area contributed by atoms with Crippen LogP contribution < -0.4 is 5.32 Å². The van der Waals surface area contributed by atoms with Crippen LogP contribution in [0.15, 0.2) is 0 Å². The predicted octanol–water partition coefficient (Wildman–Crippen LogP) is 0.782. The minimum atomic E-state index is -1.13. The van der Waals surface area contributed by atoms with E-state index in [1.807, 2.05) is 0 Å². The summed E-state index contributed by atoms with van der Waals surface area (Å²) in [6, 6.07) is -0.874. The lowest BCUT2D eigenvalue weighted by Gasteiger charge is -2.42. The van der Waals surface area contributed by atoms with Crippen LogP contribution in [0.2, 0.25) is 0 Å². The van der Waals surface area contributed by atoms with Gasteiger partial charge in [-0.1, -0.05) is 13.8 Å². The normalized spacial score (nSPS) is 30.3. The highest BCUT2D eigenvalue weighted by molar-refractivity contribution is 7.85. The second-order valence-electron chi connectivity index (χ2n) is 5.30. The van der Waals surface area contributed by atoms with Crippen LogP contribution in [0.3, 0.4) is 0 Å². The van der Waals surface area contributed by atoms with Crippen molar-refractivity contribution in [1.82, 2.24) is 10.2 Å². The minimum Gasteiger partial charge on any atom is -0.277 e. The van der Waals surface area contributed by atoms with Crippen LogP contribution in [-0.2, 0) is 20.4 Å². The highest BCUT2D eigenvalue weighted by atomic mass is 32.2. The zero-order valence-electron chi connectivity index (χ0n) is 11.8. The molecule has 0 radical (unpaired) electrons. The summed E-state index contributed by atoms with van der Waals surface area (Å²) in [6.45, 7) is 3.57. The Bertz CT molecular complexity index is 463. The molecule has 7 heteroatoms. The molecular weight excluding hydrogens is 280 g/mol. The first-order valence-electron chi connectivity index (χ1n) is 7.00. The van der Waals surface area contributed by atoms with Crippen molar-refractivity contribution >= 4 is 28.6 Å². The van der Waals surface area contributed by atoms with Gasteiger partial charge in [-0.3, -0.25) is 24.0 Å². The Labute approximate surface area is 120 Å². The van der Waals surface area contributed by atoms with Gasteiger partial charge in [0.2, 0.25) is 11.8 Å². The van der Waals surface area contributed by atoms with Crippen LogP contribution in [0.4, 0.5) is 4.79 Å². The molecule has 20 heavy (non-hydrogen) atoms. The number of hydrogen-bond acceptors (Lipinski definition) is 4. The van der Waals surface area contributed by atoms with Gasteiger partial charge in [-0.2, -0.15) is 0 Å². The number of amides is 4. The molecule has 0 spiro atoms. The topological polar surface area (TPSA) is 83.6 Å². The fourth-order valence-corrected chi connectivity index (χ4v) is 4.22. The summed E-state index contributed by atoms with van der Waals surface area (Å²) in [7, 11) is -0.854. The molecule has 2 fully saturated rings. The van der Waals surface area contributed by atoms with E-state index in [0.29, 0.717) is 37.2 Å². The van der Waals surface area contributed by atoms with Crippen LogP contribution in [0, 0.1) is 5.41 Å². The van der Waals surface area contributed by atoms with E-state index in [-0.39, 0.29) is 6.04 Å². The zero-order valence-corrected chi connectivity index (χ0v) is 12.6. The van der Waals surface area contributed by atoms with Crippen molar-refractivity contribution in [3.8, 4) is 0 Å². The number of carbonyl (C=O) groups is 3. The van der Waals surface area contributed by atoms with E-state index in [9.17, 15) is 18.6 Å². The molecule has 2 aliphatic rings. The van der Waals surface area contributed by atoms with Crippen molar-refractivity contribution in [2.24, 2.45) is 5.41 Å². The Kier molecular flexibility index (Phi) is 4.27. The number of imide groups is 2. The van der Waals surface area contributed by atoms with Crippen molar-refractivity contribution in [3.63, 3.8) is 0 Å². The van der Waals surface area contributed by atoms with E-state index in [1.54, 1.807) is 13.8 Å². The summed E-state index contributed by atoms with van der Waals surface area (Å²) in [5, 5.41) is 2.31. The van der Waals surface area contributed by atoms with E-state index >= 15 is 0 Å². The number of hydrogen-bond donors (Lipinski definition) is 1. The largest absolute Gasteiger partial charge is 0.331 e. The SMILES string of the molecule is CCC1(CC)C(=O)NC(=O)N(C2CCS(=O)CC2)C1=O. The molecule has 1 N–H and O–H groups in total. The molecule has 0 bridgehead atoms. The lowest BCUT2D eigenvalue weighted by molar-refractivity contribution is -0.153. The van der Waals surface area contributed by atoms with Crippen LogP contribution in [0.25, 0.3) is 0 Å². The first-order valence-corrected chi connectivity index (χ1v) is 8.49. The van der Waals surface area contributed by atoms with E-state index < -0.39 is 34.1 Å². The molecule has 0 atom stereocenters. The second kappa shape index (κ2) is 5.63. The number of barbiturate groups is 1. The number of nitrogens with zero attached hydrogens (tertiary/aromatic N) is 1. The summed E-state index contributed by atoms with van der Waals surface area (Å²) >= 11 is 0. The van der Waals surface area contributed by atoms with Crippen molar-refractivity contribution in [1.29, 1.82) is 0 Å². The van der Waals surface area contributed by atoms with Gasteiger partial charge in [-0.05, 0) is 25.7 Å². The maximum absolute atomic E-state index is 12.7.